The summed E-state index contributed by atoms with van der Waals surface area (Å²) >= 11 is 0. The summed E-state index contributed by atoms with van der Waals surface area (Å²) in [4.78, 5) is 23.1. The number of ether oxygens (including phenoxy) is 2. The molecule has 116 valence electrons. The third kappa shape index (κ3) is 5.10. The van der Waals surface area contributed by atoms with E-state index >= 15 is 0 Å². The van der Waals surface area contributed by atoms with E-state index in [9.17, 15) is 9.59 Å². The van der Waals surface area contributed by atoms with Gasteiger partial charge in [-0.2, -0.15) is 0 Å². The fourth-order valence-corrected chi connectivity index (χ4v) is 1.61. The lowest BCUT2D eigenvalue weighted by Gasteiger charge is -2.18. The minimum atomic E-state index is -0.186. The number of benzene rings is 1. The topological polar surface area (TPSA) is 64.6 Å². The number of carbonyl (C=O) groups excluding carboxylic acids is 2. The van der Waals surface area contributed by atoms with Crippen molar-refractivity contribution in [1.29, 1.82) is 0 Å². The largest absolute Gasteiger partial charge is 0.493 e. The number of hydrogen-bond acceptors (Lipinski definition) is 4. The predicted molar refractivity (Wildman–Crippen MR) is 80.9 cm³/mol. The van der Waals surface area contributed by atoms with Gasteiger partial charge >= 0.3 is 0 Å². The zero-order valence-corrected chi connectivity index (χ0v) is 13.2. The van der Waals surface area contributed by atoms with E-state index in [1.54, 1.807) is 18.2 Å². The third-order valence-corrected chi connectivity index (χ3v) is 3.32. The molecule has 0 aliphatic carbocycles. The second kappa shape index (κ2) is 7.67. The molecule has 0 unspecified atom stereocenters. The van der Waals surface area contributed by atoms with Crippen LogP contribution >= 0.6 is 0 Å². The molecule has 1 rings (SSSR count). The Bertz CT molecular complexity index is 511. The van der Waals surface area contributed by atoms with Crippen molar-refractivity contribution in [2.45, 2.75) is 33.7 Å². The fraction of sp³-hybridized carbons (Fsp3) is 0.500. The Balaban J connectivity index is 2.67. The Morgan fingerprint density at radius 3 is 2.38 bits per heavy atom. The van der Waals surface area contributed by atoms with Gasteiger partial charge in [0.25, 0.3) is 5.91 Å². The molecule has 0 bridgehead atoms. The molecule has 0 spiro atoms. The maximum atomic E-state index is 11.8. The quantitative estimate of drug-likeness (QED) is 0.784. The van der Waals surface area contributed by atoms with Crippen molar-refractivity contribution >= 4 is 11.7 Å². The van der Waals surface area contributed by atoms with Gasteiger partial charge in [-0.05, 0) is 38.0 Å². The van der Waals surface area contributed by atoms with Gasteiger partial charge in [-0.15, -0.1) is 0 Å². The van der Waals surface area contributed by atoms with Crippen LogP contribution < -0.4 is 14.8 Å². The smallest absolute Gasteiger partial charge is 0.258 e. The SMILES string of the molecule is COc1cc(C(C)=O)ccc1OCC(=O)N[C@H](C)C(C)C. The van der Waals surface area contributed by atoms with Crippen molar-refractivity contribution in [2.75, 3.05) is 13.7 Å². The maximum absolute atomic E-state index is 11.8. The highest BCUT2D eigenvalue weighted by Crippen LogP contribution is 2.28. The Morgan fingerprint density at radius 1 is 1.19 bits per heavy atom. The van der Waals surface area contributed by atoms with E-state index in [4.69, 9.17) is 9.47 Å². The molecule has 1 atom stereocenters. The van der Waals surface area contributed by atoms with Crippen molar-refractivity contribution in [3.8, 4) is 11.5 Å². The van der Waals surface area contributed by atoms with Gasteiger partial charge in [-0.25, -0.2) is 0 Å². The van der Waals surface area contributed by atoms with Crippen molar-refractivity contribution in [1.82, 2.24) is 5.32 Å². The molecule has 0 aliphatic heterocycles. The summed E-state index contributed by atoms with van der Waals surface area (Å²) in [5.74, 6) is 0.998. The number of carbonyl (C=O) groups is 2. The molecule has 0 aliphatic rings. The van der Waals surface area contributed by atoms with Gasteiger partial charge in [-0.3, -0.25) is 9.59 Å². The first-order chi connectivity index (χ1) is 9.85. The molecule has 5 nitrogen and oxygen atoms in total. The molecular weight excluding hydrogens is 270 g/mol. The summed E-state index contributed by atoms with van der Waals surface area (Å²) in [6, 6.07) is 4.97. The molecule has 1 aromatic rings. The van der Waals surface area contributed by atoms with Crippen LogP contribution in [0.25, 0.3) is 0 Å². The highest BCUT2D eigenvalue weighted by atomic mass is 16.5. The number of Topliss-reactive ketones (excluding diaryl/α,β-unsaturated/α-hetero) is 1. The summed E-state index contributed by atoms with van der Waals surface area (Å²) in [5.41, 5.74) is 0.539. The first kappa shape index (κ1) is 17.0. The van der Waals surface area contributed by atoms with Crippen LogP contribution in [0.4, 0.5) is 0 Å². The van der Waals surface area contributed by atoms with Gasteiger partial charge in [0.15, 0.2) is 23.9 Å². The standard InChI is InChI=1S/C16H23NO4/c1-10(2)11(3)17-16(19)9-21-14-7-6-13(12(4)18)8-15(14)20-5/h6-8,10-11H,9H2,1-5H3,(H,17,19)/t11-/m1/s1. The lowest BCUT2D eigenvalue weighted by Crippen LogP contribution is -2.38. The lowest BCUT2D eigenvalue weighted by atomic mass is 10.1. The van der Waals surface area contributed by atoms with E-state index < -0.39 is 0 Å². The van der Waals surface area contributed by atoms with E-state index in [-0.39, 0.29) is 24.3 Å². The summed E-state index contributed by atoms with van der Waals surface area (Å²) in [5, 5.41) is 2.86. The summed E-state index contributed by atoms with van der Waals surface area (Å²) in [6.07, 6.45) is 0. The van der Waals surface area contributed by atoms with Crippen LogP contribution in [0.3, 0.4) is 0 Å². The fourth-order valence-electron chi connectivity index (χ4n) is 1.61. The zero-order chi connectivity index (χ0) is 16.0. The first-order valence-corrected chi connectivity index (χ1v) is 6.96. The minimum Gasteiger partial charge on any atom is -0.493 e. The summed E-state index contributed by atoms with van der Waals surface area (Å²) in [7, 11) is 1.49. The molecule has 0 heterocycles. The van der Waals surface area contributed by atoms with Crippen LogP contribution in [0.1, 0.15) is 38.1 Å². The Hall–Kier alpha value is -2.04. The molecule has 0 saturated heterocycles. The second-order valence-corrected chi connectivity index (χ2v) is 5.31. The number of methoxy groups -OCH3 is 1. The number of amides is 1. The molecular formula is C16H23NO4. The molecule has 1 amide bonds. The van der Waals surface area contributed by atoms with E-state index in [1.165, 1.54) is 14.0 Å². The summed E-state index contributed by atoms with van der Waals surface area (Å²) < 4.78 is 10.6. The van der Waals surface area contributed by atoms with Gasteiger partial charge in [-0.1, -0.05) is 13.8 Å². The molecule has 0 saturated carbocycles. The van der Waals surface area contributed by atoms with Crippen LogP contribution in [0.5, 0.6) is 11.5 Å². The summed E-state index contributed by atoms with van der Waals surface area (Å²) in [6.45, 7) is 7.42. The van der Waals surface area contributed by atoms with Crippen LogP contribution in [0.15, 0.2) is 18.2 Å². The van der Waals surface area contributed by atoms with E-state index in [0.29, 0.717) is 23.0 Å². The number of ketones is 1. The highest BCUT2D eigenvalue weighted by Gasteiger charge is 2.13. The van der Waals surface area contributed by atoms with Gasteiger partial charge in [0.1, 0.15) is 0 Å². The second-order valence-electron chi connectivity index (χ2n) is 5.31. The van der Waals surface area contributed by atoms with Gasteiger partial charge < -0.3 is 14.8 Å². The average molecular weight is 293 g/mol. The van der Waals surface area contributed by atoms with Crippen LogP contribution in [-0.4, -0.2) is 31.4 Å². The highest BCUT2D eigenvalue weighted by molar-refractivity contribution is 5.94. The minimum absolute atomic E-state index is 0.0525. The first-order valence-electron chi connectivity index (χ1n) is 6.96. The molecule has 0 aromatic heterocycles. The van der Waals surface area contributed by atoms with Crippen LogP contribution in [-0.2, 0) is 4.79 Å². The molecule has 1 aromatic carbocycles. The van der Waals surface area contributed by atoms with Gasteiger partial charge in [0.05, 0.1) is 7.11 Å². The number of rotatable bonds is 7. The van der Waals surface area contributed by atoms with Crippen molar-refractivity contribution in [3.63, 3.8) is 0 Å². The van der Waals surface area contributed by atoms with Crippen molar-refractivity contribution in [2.24, 2.45) is 5.92 Å². The molecule has 1 N–H and O–H groups in total. The van der Waals surface area contributed by atoms with E-state index in [2.05, 4.69) is 5.32 Å². The number of nitrogens with one attached hydrogen (secondary N) is 1. The number of hydrogen-bond donors (Lipinski definition) is 1. The molecule has 0 fully saturated rings. The van der Waals surface area contributed by atoms with E-state index in [0.717, 1.165) is 0 Å². The molecule has 21 heavy (non-hydrogen) atoms. The Morgan fingerprint density at radius 2 is 1.86 bits per heavy atom. The predicted octanol–water partition coefficient (Wildman–Crippen LogP) is 2.44. The third-order valence-electron chi connectivity index (χ3n) is 3.32. The van der Waals surface area contributed by atoms with Crippen molar-refractivity contribution < 1.29 is 19.1 Å². The maximum Gasteiger partial charge on any atom is 0.258 e. The van der Waals surface area contributed by atoms with Crippen molar-refractivity contribution in [3.05, 3.63) is 23.8 Å². The van der Waals surface area contributed by atoms with E-state index in [1.807, 2.05) is 20.8 Å². The monoisotopic (exact) mass is 293 g/mol. The van der Waals surface area contributed by atoms with Gasteiger partial charge in [0, 0.05) is 11.6 Å². The Labute approximate surface area is 125 Å². The van der Waals surface area contributed by atoms with Crippen LogP contribution in [0, 0.1) is 5.92 Å². The normalized spacial score (nSPS) is 11.9. The Kier molecular flexibility index (Phi) is 6.21. The van der Waals surface area contributed by atoms with Crippen LogP contribution in [0.2, 0.25) is 0 Å². The molecule has 5 heteroatoms. The average Bonchev–Trinajstić information content (AvgIpc) is 2.44. The van der Waals surface area contributed by atoms with Gasteiger partial charge in [0.2, 0.25) is 0 Å². The lowest BCUT2D eigenvalue weighted by molar-refractivity contribution is -0.124. The molecule has 0 radical (unpaired) electrons. The zero-order valence-electron chi connectivity index (χ0n) is 13.2.